The molecule has 0 saturated heterocycles. The topological polar surface area (TPSA) is 95.6 Å². The molecule has 1 amide bonds. The van der Waals surface area contributed by atoms with Gasteiger partial charge in [-0.2, -0.15) is 0 Å². The van der Waals surface area contributed by atoms with E-state index in [1.807, 2.05) is 0 Å². The summed E-state index contributed by atoms with van der Waals surface area (Å²) >= 11 is 0. The number of rotatable bonds is 6. The first kappa shape index (κ1) is 15.8. The second-order valence-corrected chi connectivity index (χ2v) is 4.99. The third-order valence-electron chi connectivity index (χ3n) is 3.01. The van der Waals surface area contributed by atoms with E-state index in [2.05, 4.69) is 10.3 Å². The fourth-order valence-corrected chi connectivity index (χ4v) is 1.99. The lowest BCUT2D eigenvalue weighted by Gasteiger charge is -2.15. The minimum Gasteiger partial charge on any atom is -0.506 e. The largest absolute Gasteiger partial charge is 0.506 e. The molecule has 6 heteroatoms. The quantitative estimate of drug-likeness (QED) is 0.710. The third-order valence-corrected chi connectivity index (χ3v) is 3.01. The van der Waals surface area contributed by atoms with Gasteiger partial charge < -0.3 is 19.9 Å². The van der Waals surface area contributed by atoms with Gasteiger partial charge in [-0.15, -0.1) is 0 Å². The number of aromatic hydroxyl groups is 1. The van der Waals surface area contributed by atoms with E-state index in [1.165, 1.54) is 30.8 Å². The molecule has 22 heavy (non-hydrogen) atoms. The zero-order chi connectivity index (χ0) is 15.9. The molecular formula is C16H18N2O4. The molecule has 0 spiro atoms. The summed E-state index contributed by atoms with van der Waals surface area (Å²) in [6.07, 6.45) is 6.84. The Morgan fingerprint density at radius 2 is 2.32 bits per heavy atom. The van der Waals surface area contributed by atoms with Crippen LogP contribution in [-0.2, 0) is 4.79 Å². The van der Waals surface area contributed by atoms with Gasteiger partial charge in [0.05, 0.1) is 12.5 Å². The van der Waals surface area contributed by atoms with E-state index in [0.717, 1.165) is 0 Å². The number of hydrogen-bond acceptors (Lipinski definition) is 5. The van der Waals surface area contributed by atoms with Gasteiger partial charge in [-0.05, 0) is 36.8 Å². The third kappa shape index (κ3) is 4.75. The molecule has 0 aliphatic carbocycles. The first-order valence-corrected chi connectivity index (χ1v) is 6.88. The molecule has 2 rings (SSSR count). The van der Waals surface area contributed by atoms with Gasteiger partial charge in [0.25, 0.3) is 0 Å². The number of amides is 1. The van der Waals surface area contributed by atoms with Crippen LogP contribution >= 0.6 is 0 Å². The number of carbonyl (C=O) groups is 1. The monoisotopic (exact) mass is 302 g/mol. The lowest BCUT2D eigenvalue weighted by Crippen LogP contribution is -2.32. The SMILES string of the molecule is CC(CC(O)c1ccco1)NC(=O)/C=C/c1cncc(O)c1. The Morgan fingerprint density at radius 1 is 1.50 bits per heavy atom. The van der Waals surface area contributed by atoms with E-state index in [9.17, 15) is 15.0 Å². The predicted molar refractivity (Wildman–Crippen MR) is 80.8 cm³/mol. The summed E-state index contributed by atoms with van der Waals surface area (Å²) in [5.74, 6) is 0.225. The van der Waals surface area contributed by atoms with Gasteiger partial charge in [-0.25, -0.2) is 0 Å². The first-order chi connectivity index (χ1) is 10.5. The predicted octanol–water partition coefficient (Wildman–Crippen LogP) is 2.02. The number of nitrogens with one attached hydrogen (secondary N) is 1. The van der Waals surface area contributed by atoms with Gasteiger partial charge in [0.15, 0.2) is 0 Å². The smallest absolute Gasteiger partial charge is 0.244 e. The zero-order valence-electron chi connectivity index (χ0n) is 12.1. The molecule has 0 saturated carbocycles. The maximum atomic E-state index is 11.8. The van der Waals surface area contributed by atoms with Crippen LogP contribution in [0, 0.1) is 0 Å². The number of nitrogens with zero attached hydrogens (tertiary/aromatic N) is 1. The molecule has 2 heterocycles. The Morgan fingerprint density at radius 3 is 3.00 bits per heavy atom. The second-order valence-electron chi connectivity index (χ2n) is 4.99. The molecule has 6 nitrogen and oxygen atoms in total. The van der Waals surface area contributed by atoms with E-state index >= 15 is 0 Å². The molecule has 3 N–H and O–H groups in total. The molecule has 0 bridgehead atoms. The van der Waals surface area contributed by atoms with Crippen LogP contribution < -0.4 is 5.32 Å². The van der Waals surface area contributed by atoms with E-state index in [0.29, 0.717) is 17.7 Å². The van der Waals surface area contributed by atoms with Gasteiger partial charge in [0.1, 0.15) is 17.6 Å². The van der Waals surface area contributed by atoms with Crippen LogP contribution in [0.25, 0.3) is 6.08 Å². The normalized spacial score (nSPS) is 13.9. The zero-order valence-corrected chi connectivity index (χ0v) is 12.1. The van der Waals surface area contributed by atoms with E-state index in [1.54, 1.807) is 25.1 Å². The highest BCUT2D eigenvalue weighted by atomic mass is 16.4. The van der Waals surface area contributed by atoms with Crippen molar-refractivity contribution >= 4 is 12.0 Å². The van der Waals surface area contributed by atoms with Crippen molar-refractivity contribution in [1.29, 1.82) is 0 Å². The van der Waals surface area contributed by atoms with Crippen molar-refractivity contribution in [3.8, 4) is 5.75 Å². The molecule has 0 aliphatic heterocycles. The van der Waals surface area contributed by atoms with Crippen LogP contribution in [-0.4, -0.2) is 27.1 Å². The van der Waals surface area contributed by atoms with Crippen molar-refractivity contribution in [3.63, 3.8) is 0 Å². The van der Waals surface area contributed by atoms with Crippen molar-refractivity contribution in [3.05, 3.63) is 54.3 Å². The molecule has 0 aliphatic rings. The number of aliphatic hydroxyl groups excluding tert-OH is 1. The molecular weight excluding hydrogens is 284 g/mol. The maximum absolute atomic E-state index is 11.8. The number of hydrogen-bond donors (Lipinski definition) is 3. The summed E-state index contributed by atoms with van der Waals surface area (Å²) in [7, 11) is 0. The number of aromatic nitrogens is 1. The Kier molecular flexibility index (Phi) is 5.32. The molecule has 0 aromatic carbocycles. The highest BCUT2D eigenvalue weighted by Gasteiger charge is 2.15. The minimum absolute atomic E-state index is 0.0393. The average Bonchev–Trinajstić information content (AvgIpc) is 2.99. The summed E-state index contributed by atoms with van der Waals surface area (Å²) in [4.78, 5) is 15.6. The molecule has 2 unspecified atom stereocenters. The standard InChI is InChI=1S/C16H18N2O4/c1-11(7-14(20)15-3-2-6-22-15)18-16(21)5-4-12-8-13(19)10-17-9-12/h2-6,8-11,14,19-20H,7H2,1H3,(H,18,21)/b5-4+. The molecule has 0 radical (unpaired) electrons. The van der Waals surface area contributed by atoms with Crippen molar-refractivity contribution in [2.75, 3.05) is 0 Å². The van der Waals surface area contributed by atoms with Crippen LogP contribution in [0.3, 0.4) is 0 Å². The fourth-order valence-electron chi connectivity index (χ4n) is 1.99. The lowest BCUT2D eigenvalue weighted by atomic mass is 10.1. The van der Waals surface area contributed by atoms with Gasteiger partial charge in [-0.1, -0.05) is 0 Å². The summed E-state index contributed by atoms with van der Waals surface area (Å²) in [6, 6.07) is 4.67. The second kappa shape index (κ2) is 7.42. The highest BCUT2D eigenvalue weighted by Crippen LogP contribution is 2.18. The molecule has 2 aromatic heterocycles. The van der Waals surface area contributed by atoms with Crippen LogP contribution in [0.1, 0.15) is 30.8 Å². The summed E-state index contributed by atoms with van der Waals surface area (Å²) in [5.41, 5.74) is 0.624. The summed E-state index contributed by atoms with van der Waals surface area (Å²) < 4.78 is 5.11. The highest BCUT2D eigenvalue weighted by molar-refractivity contribution is 5.91. The molecule has 0 fully saturated rings. The first-order valence-electron chi connectivity index (χ1n) is 6.88. The Hall–Kier alpha value is -2.60. The van der Waals surface area contributed by atoms with Gasteiger partial charge in [-0.3, -0.25) is 9.78 Å². The van der Waals surface area contributed by atoms with Crippen molar-refractivity contribution in [1.82, 2.24) is 10.3 Å². The van der Waals surface area contributed by atoms with Crippen molar-refractivity contribution in [2.45, 2.75) is 25.5 Å². The molecule has 116 valence electrons. The molecule has 2 atom stereocenters. The number of furan rings is 1. The van der Waals surface area contributed by atoms with Gasteiger partial charge >= 0.3 is 0 Å². The Balaban J connectivity index is 1.83. The van der Waals surface area contributed by atoms with Crippen LogP contribution in [0.2, 0.25) is 0 Å². The van der Waals surface area contributed by atoms with Gasteiger partial charge in [0, 0.05) is 24.7 Å². The number of aliphatic hydroxyl groups is 1. The van der Waals surface area contributed by atoms with E-state index < -0.39 is 6.10 Å². The summed E-state index contributed by atoms with van der Waals surface area (Å²) in [5, 5.41) is 22.0. The van der Waals surface area contributed by atoms with Crippen molar-refractivity contribution < 1.29 is 19.4 Å². The lowest BCUT2D eigenvalue weighted by molar-refractivity contribution is -0.117. The van der Waals surface area contributed by atoms with E-state index in [4.69, 9.17) is 4.42 Å². The summed E-state index contributed by atoms with van der Waals surface area (Å²) in [6.45, 7) is 1.80. The fraction of sp³-hybridized carbons (Fsp3) is 0.250. The van der Waals surface area contributed by atoms with Gasteiger partial charge in [0.2, 0.25) is 5.91 Å². The number of carbonyl (C=O) groups excluding carboxylic acids is 1. The number of pyridine rings is 1. The molecule has 2 aromatic rings. The van der Waals surface area contributed by atoms with Crippen LogP contribution in [0.15, 0.2) is 47.3 Å². The van der Waals surface area contributed by atoms with Crippen LogP contribution in [0.5, 0.6) is 5.75 Å². The average molecular weight is 302 g/mol. The van der Waals surface area contributed by atoms with E-state index in [-0.39, 0.29) is 17.7 Å². The Bertz CT molecular complexity index is 637. The van der Waals surface area contributed by atoms with Crippen molar-refractivity contribution in [2.24, 2.45) is 0 Å². The minimum atomic E-state index is -0.760. The maximum Gasteiger partial charge on any atom is 0.244 e. The van der Waals surface area contributed by atoms with Crippen LogP contribution in [0.4, 0.5) is 0 Å². The Labute approximate surface area is 128 Å².